The molecule has 2 heterocycles. The summed E-state index contributed by atoms with van der Waals surface area (Å²) < 4.78 is 8.06. The second kappa shape index (κ2) is 6.16. The lowest BCUT2D eigenvalue weighted by Crippen LogP contribution is -2.30. The van der Waals surface area contributed by atoms with Crippen LogP contribution in [-0.2, 0) is 9.53 Å². The highest BCUT2D eigenvalue weighted by Gasteiger charge is 2.34. The van der Waals surface area contributed by atoms with Crippen LogP contribution in [0.25, 0.3) is 0 Å². The van der Waals surface area contributed by atoms with Gasteiger partial charge < -0.3 is 10.1 Å². The Morgan fingerprint density at radius 3 is 2.91 bits per heavy atom. The number of esters is 1. The minimum absolute atomic E-state index is 0.192. The van der Waals surface area contributed by atoms with E-state index in [2.05, 4.69) is 31.3 Å². The van der Waals surface area contributed by atoms with Crippen LogP contribution in [0.5, 0.6) is 0 Å². The van der Waals surface area contributed by atoms with Crippen molar-refractivity contribution in [3.8, 4) is 0 Å². The number of halogens is 1. The Morgan fingerprint density at radius 2 is 2.22 bits per heavy atom. The summed E-state index contributed by atoms with van der Waals surface area (Å²) in [5.41, 5.74) is 2.19. The Kier molecular flexibility index (Phi) is 4.21. The topological polar surface area (TPSA) is 69.0 Å². The summed E-state index contributed by atoms with van der Waals surface area (Å²) in [6.07, 6.45) is 1.28. The number of carbonyl (C=O) groups excluding carboxylic acids is 1. The van der Waals surface area contributed by atoms with Gasteiger partial charge in [-0.2, -0.15) is 10.1 Å². The van der Waals surface area contributed by atoms with E-state index in [0.717, 1.165) is 15.7 Å². The lowest BCUT2D eigenvalue weighted by atomic mass is 9.96. The third kappa shape index (κ3) is 3.01. The van der Waals surface area contributed by atoms with Gasteiger partial charge in [-0.25, -0.2) is 9.48 Å². The third-order valence-electron chi connectivity index (χ3n) is 3.52. The number of ether oxygens (including phenoxy) is 1. The summed E-state index contributed by atoms with van der Waals surface area (Å²) in [5.74, 6) is 0.254. The van der Waals surface area contributed by atoms with Gasteiger partial charge in [-0.05, 0) is 38.5 Å². The predicted molar refractivity (Wildman–Crippen MR) is 89.9 cm³/mol. The maximum absolute atomic E-state index is 12.6. The van der Waals surface area contributed by atoms with Crippen molar-refractivity contribution in [2.45, 2.75) is 32.9 Å². The Balaban J connectivity index is 2.13. The van der Waals surface area contributed by atoms with Crippen LogP contribution in [0.1, 0.15) is 32.4 Å². The lowest BCUT2D eigenvalue weighted by Gasteiger charge is -2.28. The van der Waals surface area contributed by atoms with Gasteiger partial charge in [0.05, 0.1) is 11.7 Å². The van der Waals surface area contributed by atoms with Gasteiger partial charge in [0.1, 0.15) is 12.4 Å². The Morgan fingerprint density at radius 1 is 1.43 bits per heavy atom. The molecule has 0 aliphatic carbocycles. The number of fused-ring (bicyclic) bond motifs is 1. The first-order valence-electron chi connectivity index (χ1n) is 7.31. The van der Waals surface area contributed by atoms with Crippen LogP contribution in [0.2, 0.25) is 0 Å². The number of aromatic nitrogens is 3. The average molecular weight is 377 g/mol. The normalized spacial score (nSPS) is 17.0. The monoisotopic (exact) mass is 376 g/mol. The molecule has 0 radical (unpaired) electrons. The molecule has 0 saturated heterocycles. The fourth-order valence-electron chi connectivity index (χ4n) is 2.62. The maximum atomic E-state index is 12.6. The number of hydrogen-bond acceptors (Lipinski definition) is 5. The van der Waals surface area contributed by atoms with Crippen LogP contribution >= 0.6 is 15.9 Å². The summed E-state index contributed by atoms with van der Waals surface area (Å²) >= 11 is 3.48. The van der Waals surface area contributed by atoms with Gasteiger partial charge in [-0.1, -0.05) is 28.1 Å². The number of carbonyl (C=O) groups is 1. The van der Waals surface area contributed by atoms with E-state index in [9.17, 15) is 4.79 Å². The molecule has 0 saturated carbocycles. The van der Waals surface area contributed by atoms with Crippen LogP contribution in [0.3, 0.4) is 0 Å². The molecule has 3 rings (SSSR count). The van der Waals surface area contributed by atoms with Gasteiger partial charge in [0.15, 0.2) is 0 Å². The van der Waals surface area contributed by atoms with Crippen molar-refractivity contribution in [2.24, 2.45) is 0 Å². The molecule has 2 aromatic rings. The van der Waals surface area contributed by atoms with E-state index < -0.39 is 0 Å². The molecular formula is C16H17BrN4O2. The molecule has 0 fully saturated rings. The minimum Gasteiger partial charge on any atom is -0.459 e. The Bertz CT molecular complexity index is 782. The molecule has 120 valence electrons. The maximum Gasteiger partial charge on any atom is 0.338 e. The summed E-state index contributed by atoms with van der Waals surface area (Å²) in [6.45, 7) is 5.51. The average Bonchev–Trinajstić information content (AvgIpc) is 2.92. The number of benzene rings is 1. The second-order valence-electron chi connectivity index (χ2n) is 5.60. The highest BCUT2D eigenvalue weighted by Crippen LogP contribution is 2.36. The molecule has 1 aromatic carbocycles. The highest BCUT2D eigenvalue weighted by molar-refractivity contribution is 9.10. The molecule has 0 spiro atoms. The number of allylic oxidation sites excluding steroid dienone is 1. The van der Waals surface area contributed by atoms with E-state index in [1.807, 2.05) is 45.0 Å². The standard InChI is InChI=1S/C16H17BrN4O2/c1-9(2)23-15(22)13-10(3)20-16-18-8-19-21(16)14(13)11-5-4-6-12(17)7-11/h4-9,14H,1-3H3,(H,18,19,20)/t14-/m0/s1. The second-order valence-corrected chi connectivity index (χ2v) is 6.52. The molecule has 1 aliphatic heterocycles. The molecule has 6 nitrogen and oxygen atoms in total. The minimum atomic E-state index is -0.377. The van der Waals surface area contributed by atoms with E-state index in [4.69, 9.17) is 4.74 Å². The van der Waals surface area contributed by atoms with Gasteiger partial charge in [-0.15, -0.1) is 0 Å². The summed E-state index contributed by atoms with van der Waals surface area (Å²) in [6, 6.07) is 7.42. The lowest BCUT2D eigenvalue weighted by molar-refractivity contribution is -0.143. The molecule has 23 heavy (non-hydrogen) atoms. The number of nitrogens with zero attached hydrogens (tertiary/aromatic N) is 3. The van der Waals surface area contributed by atoms with E-state index in [1.165, 1.54) is 6.33 Å². The van der Waals surface area contributed by atoms with Crippen molar-refractivity contribution in [2.75, 3.05) is 5.32 Å². The Labute approximate surface area is 142 Å². The zero-order valence-corrected chi connectivity index (χ0v) is 14.7. The van der Waals surface area contributed by atoms with E-state index >= 15 is 0 Å². The van der Waals surface area contributed by atoms with Gasteiger partial charge >= 0.3 is 5.97 Å². The van der Waals surface area contributed by atoms with Crippen molar-refractivity contribution < 1.29 is 9.53 Å². The molecule has 1 aromatic heterocycles. The van der Waals surface area contributed by atoms with E-state index in [1.54, 1.807) is 4.68 Å². The number of hydrogen-bond donors (Lipinski definition) is 1. The largest absolute Gasteiger partial charge is 0.459 e. The van der Waals surface area contributed by atoms with Crippen molar-refractivity contribution >= 4 is 27.8 Å². The number of nitrogens with one attached hydrogen (secondary N) is 1. The molecule has 7 heteroatoms. The van der Waals surface area contributed by atoms with Gasteiger partial charge in [0.2, 0.25) is 5.95 Å². The summed E-state index contributed by atoms with van der Waals surface area (Å²) in [5, 5.41) is 7.39. The quantitative estimate of drug-likeness (QED) is 0.832. The number of anilines is 1. The van der Waals surface area contributed by atoms with Crippen molar-refractivity contribution in [1.29, 1.82) is 0 Å². The zero-order chi connectivity index (χ0) is 16.6. The molecule has 0 amide bonds. The first-order valence-corrected chi connectivity index (χ1v) is 8.10. The van der Waals surface area contributed by atoms with Crippen LogP contribution in [-0.4, -0.2) is 26.8 Å². The van der Waals surface area contributed by atoms with Gasteiger partial charge in [0.25, 0.3) is 0 Å². The van der Waals surface area contributed by atoms with Gasteiger partial charge in [-0.3, -0.25) is 0 Å². The SMILES string of the molecule is CC1=C(C(=O)OC(C)C)[C@H](c2cccc(Br)c2)n2ncnc2N1. The van der Waals surface area contributed by atoms with Crippen molar-refractivity contribution in [3.05, 3.63) is 51.9 Å². The molecule has 1 aliphatic rings. The zero-order valence-electron chi connectivity index (χ0n) is 13.1. The van der Waals surface area contributed by atoms with Crippen LogP contribution in [0.15, 0.2) is 46.3 Å². The smallest absolute Gasteiger partial charge is 0.338 e. The van der Waals surface area contributed by atoms with Crippen molar-refractivity contribution in [3.63, 3.8) is 0 Å². The first kappa shape index (κ1) is 15.7. The predicted octanol–water partition coefficient (Wildman–Crippen LogP) is 3.28. The van der Waals surface area contributed by atoms with E-state index in [0.29, 0.717) is 11.5 Å². The van der Waals surface area contributed by atoms with Crippen LogP contribution in [0.4, 0.5) is 5.95 Å². The van der Waals surface area contributed by atoms with Gasteiger partial charge in [0, 0.05) is 10.2 Å². The van der Waals surface area contributed by atoms with Crippen LogP contribution < -0.4 is 5.32 Å². The fraction of sp³-hybridized carbons (Fsp3) is 0.312. The van der Waals surface area contributed by atoms with Crippen molar-refractivity contribution in [1.82, 2.24) is 14.8 Å². The number of rotatable bonds is 3. The molecule has 0 unspecified atom stereocenters. The third-order valence-corrected chi connectivity index (χ3v) is 4.01. The molecular weight excluding hydrogens is 360 g/mol. The summed E-state index contributed by atoms with van der Waals surface area (Å²) in [4.78, 5) is 16.8. The summed E-state index contributed by atoms with van der Waals surface area (Å²) in [7, 11) is 0. The molecule has 0 bridgehead atoms. The Hall–Kier alpha value is -2.15. The molecule has 1 N–H and O–H groups in total. The van der Waals surface area contributed by atoms with E-state index in [-0.39, 0.29) is 18.1 Å². The van der Waals surface area contributed by atoms with Crippen LogP contribution in [0, 0.1) is 0 Å². The fourth-order valence-corrected chi connectivity index (χ4v) is 3.03. The highest BCUT2D eigenvalue weighted by atomic mass is 79.9. The molecule has 1 atom stereocenters. The first-order chi connectivity index (χ1) is 11.0.